The minimum atomic E-state index is -0.994. The summed E-state index contributed by atoms with van der Waals surface area (Å²) in [5.41, 5.74) is 6.06. The Kier molecular flexibility index (Phi) is 6.13. The molecule has 0 aliphatic carbocycles. The number of hydrogen-bond acceptors (Lipinski definition) is 3. The maximum absolute atomic E-state index is 13.2. The molecule has 2 atom stereocenters. The van der Waals surface area contributed by atoms with Crippen molar-refractivity contribution in [2.24, 2.45) is 11.7 Å². The van der Waals surface area contributed by atoms with E-state index in [1.165, 1.54) is 0 Å². The topological polar surface area (TPSA) is 96.0 Å². The number of rotatable bonds is 7. The van der Waals surface area contributed by atoms with Gasteiger partial charge in [-0.15, -0.1) is 0 Å². The zero-order valence-corrected chi connectivity index (χ0v) is 15.0. The van der Waals surface area contributed by atoms with Crippen LogP contribution in [0.15, 0.2) is 60.7 Å². The third-order valence-electron chi connectivity index (χ3n) is 4.61. The van der Waals surface area contributed by atoms with Crippen LogP contribution < -0.4 is 11.1 Å². The Hall–Kier alpha value is -3.13. The van der Waals surface area contributed by atoms with Crippen LogP contribution in [0.25, 0.3) is 0 Å². The maximum atomic E-state index is 13.2. The minimum Gasteiger partial charge on any atom is -0.368 e. The monoisotopic (exact) mass is 349 g/mol. The van der Waals surface area contributed by atoms with Crippen molar-refractivity contribution < 1.29 is 9.59 Å². The number of nitrogens with one attached hydrogen (secondary N) is 1. The van der Waals surface area contributed by atoms with Crippen molar-refractivity contribution in [3.05, 3.63) is 71.8 Å². The number of carbonyl (C=O) groups is 2. The zero-order valence-electron chi connectivity index (χ0n) is 15.0. The van der Waals surface area contributed by atoms with Crippen molar-refractivity contribution in [3.8, 4) is 6.07 Å². The molecular weight excluding hydrogens is 326 g/mol. The molecule has 0 aliphatic rings. The van der Waals surface area contributed by atoms with E-state index in [4.69, 9.17) is 11.0 Å². The molecule has 2 aromatic rings. The first kappa shape index (κ1) is 19.2. The summed E-state index contributed by atoms with van der Waals surface area (Å²) >= 11 is 0. The van der Waals surface area contributed by atoms with Gasteiger partial charge in [0.25, 0.3) is 0 Å². The molecule has 2 rings (SSSR count). The molecule has 0 unspecified atom stereocenters. The highest BCUT2D eigenvalue weighted by atomic mass is 16.2. The molecule has 5 heteroatoms. The van der Waals surface area contributed by atoms with Gasteiger partial charge in [-0.05, 0) is 31.4 Å². The van der Waals surface area contributed by atoms with Crippen molar-refractivity contribution in [2.45, 2.75) is 31.7 Å². The zero-order chi connectivity index (χ0) is 19.2. The molecule has 0 spiro atoms. The van der Waals surface area contributed by atoms with Crippen LogP contribution in [0, 0.1) is 17.2 Å². The first-order chi connectivity index (χ1) is 12.4. The molecule has 3 N–H and O–H groups in total. The normalized spacial score (nSPS) is 13.3. The predicted molar refractivity (Wildman–Crippen MR) is 99.9 cm³/mol. The van der Waals surface area contributed by atoms with E-state index in [1.807, 2.05) is 67.6 Å². The van der Waals surface area contributed by atoms with Crippen molar-refractivity contribution in [1.29, 1.82) is 5.26 Å². The fraction of sp³-hybridized carbons (Fsp3) is 0.286. The van der Waals surface area contributed by atoms with E-state index in [0.29, 0.717) is 0 Å². The van der Waals surface area contributed by atoms with Gasteiger partial charge in [-0.25, -0.2) is 0 Å². The quantitative estimate of drug-likeness (QED) is 0.804. The molecule has 0 aromatic heterocycles. The molecule has 134 valence electrons. The van der Waals surface area contributed by atoms with E-state index in [2.05, 4.69) is 11.4 Å². The first-order valence-corrected chi connectivity index (χ1v) is 8.50. The minimum absolute atomic E-state index is 0.178. The van der Waals surface area contributed by atoms with Crippen LogP contribution in [0.1, 0.15) is 31.4 Å². The lowest BCUT2D eigenvalue weighted by atomic mass is 9.75. The summed E-state index contributed by atoms with van der Waals surface area (Å²) in [6, 6.07) is 19.9. The largest absolute Gasteiger partial charge is 0.368 e. The molecule has 0 saturated heterocycles. The summed E-state index contributed by atoms with van der Waals surface area (Å²) in [4.78, 5) is 25.0. The summed E-state index contributed by atoms with van der Waals surface area (Å²) in [6.07, 6.45) is 0.178. The number of nitrogens with two attached hydrogens (primary N) is 1. The average Bonchev–Trinajstić information content (AvgIpc) is 2.67. The standard InChI is InChI=1S/C21H23N3O2/c1-15(14-22)13-18(19(23)25)24-20(26)21(2,16-9-5-3-6-10-16)17-11-7-4-8-12-17/h3-12,15,18H,13H2,1-2H3,(H2,23,25)(H,24,26)/t15-,18+/m0/s1. The van der Waals surface area contributed by atoms with Crippen molar-refractivity contribution in [3.63, 3.8) is 0 Å². The summed E-state index contributed by atoms with van der Waals surface area (Å²) in [7, 11) is 0. The Morgan fingerprint density at radius 3 is 1.92 bits per heavy atom. The van der Waals surface area contributed by atoms with Crippen LogP contribution in [0.2, 0.25) is 0 Å². The van der Waals surface area contributed by atoms with Gasteiger partial charge in [0.1, 0.15) is 6.04 Å². The molecule has 0 heterocycles. The first-order valence-electron chi connectivity index (χ1n) is 8.50. The van der Waals surface area contributed by atoms with E-state index >= 15 is 0 Å². The van der Waals surface area contributed by atoms with Crippen LogP contribution in [0.4, 0.5) is 0 Å². The highest BCUT2D eigenvalue weighted by molar-refractivity contribution is 5.95. The van der Waals surface area contributed by atoms with E-state index in [-0.39, 0.29) is 12.3 Å². The number of carbonyl (C=O) groups excluding carboxylic acids is 2. The Balaban J connectivity index is 2.41. The van der Waals surface area contributed by atoms with Gasteiger partial charge in [-0.1, -0.05) is 60.7 Å². The van der Waals surface area contributed by atoms with Gasteiger partial charge in [-0.2, -0.15) is 5.26 Å². The lowest BCUT2D eigenvalue weighted by Gasteiger charge is -2.31. The lowest BCUT2D eigenvalue weighted by Crippen LogP contribution is -2.52. The van der Waals surface area contributed by atoms with Crippen LogP contribution in [0.3, 0.4) is 0 Å². The van der Waals surface area contributed by atoms with Gasteiger partial charge in [0.15, 0.2) is 0 Å². The molecule has 5 nitrogen and oxygen atoms in total. The molecule has 2 amide bonds. The van der Waals surface area contributed by atoms with Gasteiger partial charge in [0.05, 0.1) is 11.5 Å². The van der Waals surface area contributed by atoms with Crippen LogP contribution in [-0.4, -0.2) is 17.9 Å². The molecular formula is C21H23N3O2. The molecule has 0 saturated carbocycles. The van der Waals surface area contributed by atoms with Gasteiger partial charge >= 0.3 is 0 Å². The van der Waals surface area contributed by atoms with E-state index < -0.39 is 23.3 Å². The molecule has 0 aliphatic heterocycles. The molecule has 26 heavy (non-hydrogen) atoms. The average molecular weight is 349 g/mol. The number of amides is 2. The fourth-order valence-corrected chi connectivity index (χ4v) is 2.93. The molecule has 0 fully saturated rings. The number of benzene rings is 2. The van der Waals surface area contributed by atoms with Crippen LogP contribution >= 0.6 is 0 Å². The summed E-state index contributed by atoms with van der Waals surface area (Å²) < 4.78 is 0. The Morgan fingerprint density at radius 1 is 1.08 bits per heavy atom. The molecule has 0 radical (unpaired) electrons. The van der Waals surface area contributed by atoms with E-state index in [1.54, 1.807) is 6.92 Å². The summed E-state index contributed by atoms with van der Waals surface area (Å²) in [6.45, 7) is 3.51. The van der Waals surface area contributed by atoms with E-state index in [9.17, 15) is 9.59 Å². The SMILES string of the molecule is C[C@H](C#N)C[C@@H](NC(=O)C(C)(c1ccccc1)c1ccccc1)C(N)=O. The van der Waals surface area contributed by atoms with Crippen LogP contribution in [-0.2, 0) is 15.0 Å². The number of nitrogens with zero attached hydrogens (tertiary/aromatic N) is 1. The molecule has 2 aromatic carbocycles. The Morgan fingerprint density at radius 2 is 1.54 bits per heavy atom. The Bertz CT molecular complexity index is 758. The summed E-state index contributed by atoms with van der Waals surface area (Å²) in [5.74, 6) is -1.37. The van der Waals surface area contributed by atoms with Gasteiger partial charge in [0, 0.05) is 5.92 Å². The predicted octanol–water partition coefficient (Wildman–Crippen LogP) is 2.51. The smallest absolute Gasteiger partial charge is 0.240 e. The van der Waals surface area contributed by atoms with Gasteiger partial charge < -0.3 is 11.1 Å². The second kappa shape index (κ2) is 8.30. The number of hydrogen-bond donors (Lipinski definition) is 2. The second-order valence-electron chi connectivity index (χ2n) is 6.55. The van der Waals surface area contributed by atoms with Crippen molar-refractivity contribution in [1.82, 2.24) is 5.32 Å². The highest BCUT2D eigenvalue weighted by Crippen LogP contribution is 2.32. The maximum Gasteiger partial charge on any atom is 0.240 e. The van der Waals surface area contributed by atoms with Crippen molar-refractivity contribution >= 4 is 11.8 Å². The lowest BCUT2D eigenvalue weighted by molar-refractivity contribution is -0.130. The molecule has 0 bridgehead atoms. The summed E-state index contributed by atoms with van der Waals surface area (Å²) in [5, 5.41) is 11.8. The highest BCUT2D eigenvalue weighted by Gasteiger charge is 2.38. The Labute approximate surface area is 153 Å². The van der Waals surface area contributed by atoms with Gasteiger partial charge in [0.2, 0.25) is 11.8 Å². The third kappa shape index (κ3) is 4.09. The van der Waals surface area contributed by atoms with Crippen LogP contribution in [0.5, 0.6) is 0 Å². The number of primary amides is 1. The van der Waals surface area contributed by atoms with E-state index in [0.717, 1.165) is 11.1 Å². The van der Waals surface area contributed by atoms with Gasteiger partial charge in [-0.3, -0.25) is 9.59 Å². The second-order valence-corrected chi connectivity index (χ2v) is 6.55. The van der Waals surface area contributed by atoms with Crippen molar-refractivity contribution in [2.75, 3.05) is 0 Å². The fourth-order valence-electron chi connectivity index (χ4n) is 2.93. The third-order valence-corrected chi connectivity index (χ3v) is 4.61. The number of nitriles is 1.